The highest BCUT2D eigenvalue weighted by molar-refractivity contribution is 6.38. The zero-order valence-corrected chi connectivity index (χ0v) is 8.51. The van der Waals surface area contributed by atoms with Crippen molar-refractivity contribution in [1.29, 1.82) is 0 Å². The van der Waals surface area contributed by atoms with Gasteiger partial charge in [-0.25, -0.2) is 0 Å². The van der Waals surface area contributed by atoms with E-state index in [1.807, 2.05) is 31.2 Å². The summed E-state index contributed by atoms with van der Waals surface area (Å²) >= 11 is 5.54. The number of hydrogen-bond acceptors (Lipinski definition) is 1. The van der Waals surface area contributed by atoms with Gasteiger partial charge in [-0.2, -0.15) is 0 Å². The molecule has 0 bridgehead atoms. The van der Waals surface area contributed by atoms with Crippen LogP contribution in [0.2, 0.25) is 0 Å². The lowest BCUT2D eigenvalue weighted by molar-refractivity contribution is -0.111. The Morgan fingerprint density at radius 2 is 2.14 bits per heavy atom. The number of nitrogens with zero attached hydrogens (tertiary/aromatic N) is 1. The van der Waals surface area contributed by atoms with Gasteiger partial charge in [0.25, 0.3) is 0 Å². The number of benzene rings is 1. The topological polar surface area (TPSA) is 31.2 Å². The minimum absolute atomic E-state index is 0.0104. The van der Waals surface area contributed by atoms with Gasteiger partial charge in [0, 0.05) is 16.8 Å². The summed E-state index contributed by atoms with van der Waals surface area (Å²) in [6.45, 7) is 1.83. The van der Waals surface area contributed by atoms with E-state index in [0.717, 1.165) is 16.9 Å². The first kappa shape index (κ1) is 9.28. The Labute approximate surface area is 87.6 Å². The van der Waals surface area contributed by atoms with Crippen molar-refractivity contribution < 1.29 is 4.79 Å². The predicted octanol–water partition coefficient (Wildman–Crippen LogP) is 2.48. The summed E-state index contributed by atoms with van der Waals surface area (Å²) in [5.74, 6) is -0.0471. The average Bonchev–Trinajstić information content (AvgIpc) is 2.53. The minimum atomic E-state index is -0.0575. The van der Waals surface area contributed by atoms with E-state index in [9.17, 15) is 4.79 Å². The minimum Gasteiger partial charge on any atom is -0.293 e. The van der Waals surface area contributed by atoms with E-state index in [4.69, 9.17) is 11.6 Å². The van der Waals surface area contributed by atoms with Gasteiger partial charge in [-0.15, -0.1) is 11.6 Å². The summed E-state index contributed by atoms with van der Waals surface area (Å²) in [7, 11) is 0. The molecule has 3 heteroatoms. The van der Waals surface area contributed by atoms with E-state index in [-0.39, 0.29) is 11.7 Å². The van der Waals surface area contributed by atoms with Gasteiger partial charge in [0.2, 0.25) is 0 Å². The van der Waals surface area contributed by atoms with E-state index >= 15 is 0 Å². The molecule has 0 spiro atoms. The number of para-hydroxylation sites is 1. The van der Waals surface area contributed by atoms with Crippen LogP contribution in [0.4, 0.5) is 5.69 Å². The number of fused-ring (bicyclic) bond motifs is 1. The highest BCUT2D eigenvalue weighted by Gasteiger charge is 2.24. The summed E-state index contributed by atoms with van der Waals surface area (Å²) in [5, 5.41) is 4.30. The molecule has 1 aliphatic rings. The van der Waals surface area contributed by atoms with Gasteiger partial charge >= 0.3 is 0 Å². The summed E-state index contributed by atoms with van der Waals surface area (Å²) in [6, 6.07) is 7.60. The van der Waals surface area contributed by atoms with Gasteiger partial charge in [0.05, 0.1) is 11.6 Å². The first-order chi connectivity index (χ1) is 6.74. The van der Waals surface area contributed by atoms with Gasteiger partial charge < -0.3 is 0 Å². The SMILES string of the molecule is CC1=C(C(=O)CCl)c2ccccc2[N]1. The van der Waals surface area contributed by atoms with Crippen LogP contribution in [-0.4, -0.2) is 11.7 Å². The van der Waals surface area contributed by atoms with Crippen LogP contribution >= 0.6 is 11.6 Å². The third-order valence-corrected chi connectivity index (χ3v) is 2.47. The highest BCUT2D eigenvalue weighted by Crippen LogP contribution is 2.34. The molecule has 1 aromatic rings. The number of hydrogen-bond donors (Lipinski definition) is 0. The molecule has 0 atom stereocenters. The summed E-state index contributed by atoms with van der Waals surface area (Å²) in [6.07, 6.45) is 0. The molecule has 0 fully saturated rings. The Hall–Kier alpha value is -1.28. The first-order valence-electron chi connectivity index (χ1n) is 4.35. The summed E-state index contributed by atoms with van der Waals surface area (Å²) in [5.41, 5.74) is 3.18. The van der Waals surface area contributed by atoms with Crippen molar-refractivity contribution in [1.82, 2.24) is 5.32 Å². The lowest BCUT2D eigenvalue weighted by Gasteiger charge is -1.99. The Balaban J connectivity index is 2.51. The molecule has 2 nitrogen and oxygen atoms in total. The van der Waals surface area contributed by atoms with Crippen molar-refractivity contribution in [2.75, 3.05) is 5.88 Å². The van der Waals surface area contributed by atoms with Crippen molar-refractivity contribution in [2.24, 2.45) is 0 Å². The van der Waals surface area contributed by atoms with Gasteiger partial charge in [-0.1, -0.05) is 18.2 Å². The van der Waals surface area contributed by atoms with E-state index < -0.39 is 0 Å². The first-order valence-corrected chi connectivity index (χ1v) is 4.88. The van der Waals surface area contributed by atoms with Crippen LogP contribution in [0.5, 0.6) is 0 Å². The second kappa shape index (κ2) is 3.46. The number of Topliss-reactive ketones (excluding diaryl/α,β-unsaturated/α-hetero) is 1. The molecule has 0 amide bonds. The average molecular weight is 207 g/mol. The van der Waals surface area contributed by atoms with Gasteiger partial charge in [0.1, 0.15) is 0 Å². The maximum absolute atomic E-state index is 11.5. The fraction of sp³-hybridized carbons (Fsp3) is 0.182. The zero-order chi connectivity index (χ0) is 10.1. The molecule has 71 valence electrons. The molecule has 1 heterocycles. The standard InChI is InChI=1S/C11H9ClNO/c1-7-11(10(14)6-12)8-4-2-3-5-9(8)13-7/h2-5H,6H2,1H3. The van der Waals surface area contributed by atoms with Gasteiger partial charge in [-0.3, -0.25) is 10.1 Å². The molecule has 0 N–H and O–H groups in total. The van der Waals surface area contributed by atoms with Crippen molar-refractivity contribution in [3.63, 3.8) is 0 Å². The summed E-state index contributed by atoms with van der Waals surface area (Å²) in [4.78, 5) is 11.5. The third kappa shape index (κ3) is 1.32. The van der Waals surface area contributed by atoms with Crippen molar-refractivity contribution >= 4 is 28.6 Å². The second-order valence-electron chi connectivity index (χ2n) is 3.15. The van der Waals surface area contributed by atoms with Crippen LogP contribution in [-0.2, 0) is 4.79 Å². The van der Waals surface area contributed by atoms with E-state index in [1.54, 1.807) is 0 Å². The Kier molecular flexibility index (Phi) is 2.30. The molecule has 14 heavy (non-hydrogen) atoms. The molecular formula is C11H9ClNO. The van der Waals surface area contributed by atoms with Gasteiger partial charge in [0.15, 0.2) is 5.78 Å². The molecular weight excluding hydrogens is 198 g/mol. The molecule has 2 rings (SSSR count). The Bertz CT molecular complexity index is 423. The molecule has 0 unspecified atom stereocenters. The quantitative estimate of drug-likeness (QED) is 0.684. The second-order valence-corrected chi connectivity index (χ2v) is 3.41. The van der Waals surface area contributed by atoms with E-state index in [2.05, 4.69) is 5.32 Å². The van der Waals surface area contributed by atoms with Crippen molar-refractivity contribution in [2.45, 2.75) is 6.92 Å². The lowest BCUT2D eigenvalue weighted by Crippen LogP contribution is -2.02. The molecule has 1 aromatic carbocycles. The molecule has 1 aliphatic heterocycles. The fourth-order valence-electron chi connectivity index (χ4n) is 1.63. The Morgan fingerprint density at radius 3 is 2.86 bits per heavy atom. The van der Waals surface area contributed by atoms with E-state index in [1.165, 1.54) is 0 Å². The Morgan fingerprint density at radius 1 is 1.43 bits per heavy atom. The number of carbonyl (C=O) groups is 1. The van der Waals surface area contributed by atoms with Crippen LogP contribution in [0, 0.1) is 0 Å². The van der Waals surface area contributed by atoms with Crippen LogP contribution in [0.1, 0.15) is 12.5 Å². The smallest absolute Gasteiger partial charge is 0.180 e. The van der Waals surface area contributed by atoms with Crippen molar-refractivity contribution in [3.05, 3.63) is 35.5 Å². The normalized spacial score (nSPS) is 13.9. The van der Waals surface area contributed by atoms with Crippen molar-refractivity contribution in [3.8, 4) is 0 Å². The molecule has 0 saturated heterocycles. The number of carbonyl (C=O) groups excluding carboxylic acids is 1. The zero-order valence-electron chi connectivity index (χ0n) is 7.75. The van der Waals surface area contributed by atoms with Crippen LogP contribution in [0.15, 0.2) is 30.0 Å². The number of rotatable bonds is 2. The fourth-order valence-corrected chi connectivity index (χ4v) is 1.77. The van der Waals surface area contributed by atoms with E-state index in [0.29, 0.717) is 5.57 Å². The predicted molar refractivity (Wildman–Crippen MR) is 56.6 cm³/mol. The molecule has 0 saturated carbocycles. The number of halogens is 1. The van der Waals surface area contributed by atoms with Crippen LogP contribution < -0.4 is 5.32 Å². The maximum atomic E-state index is 11.5. The number of allylic oxidation sites excluding steroid dienone is 2. The largest absolute Gasteiger partial charge is 0.293 e. The maximum Gasteiger partial charge on any atom is 0.180 e. The number of ketones is 1. The van der Waals surface area contributed by atoms with Crippen LogP contribution in [0.25, 0.3) is 5.57 Å². The molecule has 0 aliphatic carbocycles. The highest BCUT2D eigenvalue weighted by atomic mass is 35.5. The summed E-state index contributed by atoms with van der Waals surface area (Å²) < 4.78 is 0. The van der Waals surface area contributed by atoms with Crippen LogP contribution in [0.3, 0.4) is 0 Å². The third-order valence-electron chi connectivity index (χ3n) is 2.22. The monoisotopic (exact) mass is 206 g/mol. The molecule has 1 radical (unpaired) electrons. The lowest BCUT2D eigenvalue weighted by atomic mass is 10.0. The molecule has 0 aromatic heterocycles. The number of alkyl halides is 1. The van der Waals surface area contributed by atoms with Gasteiger partial charge in [-0.05, 0) is 13.0 Å².